The van der Waals surface area contributed by atoms with E-state index in [1.165, 1.54) is 0 Å². The zero-order valence-electron chi connectivity index (χ0n) is 9.51. The quantitative estimate of drug-likeness (QED) is 0.778. The molecule has 0 atom stereocenters. The predicted molar refractivity (Wildman–Crippen MR) is 66.1 cm³/mol. The minimum absolute atomic E-state index is 0.550. The third-order valence-electron chi connectivity index (χ3n) is 2.41. The van der Waals surface area contributed by atoms with Gasteiger partial charge in [0, 0.05) is 31.0 Å². The van der Waals surface area contributed by atoms with Crippen LogP contribution in [0.3, 0.4) is 0 Å². The summed E-state index contributed by atoms with van der Waals surface area (Å²) in [6.07, 6.45) is 3.71. The summed E-state index contributed by atoms with van der Waals surface area (Å²) < 4.78 is 1.74. The lowest BCUT2D eigenvalue weighted by Gasteiger charge is -2.07. The highest BCUT2D eigenvalue weighted by atomic mass is 15.2. The highest BCUT2D eigenvalue weighted by Gasteiger charge is 2.02. The number of nitrogens with zero attached hydrogens (tertiary/aromatic N) is 3. The van der Waals surface area contributed by atoms with Crippen molar-refractivity contribution in [2.75, 3.05) is 11.1 Å². The van der Waals surface area contributed by atoms with Crippen molar-refractivity contribution in [1.29, 1.82) is 5.26 Å². The van der Waals surface area contributed by atoms with Crippen molar-refractivity contribution in [2.45, 2.75) is 6.54 Å². The fourth-order valence-electron chi connectivity index (χ4n) is 1.57. The molecule has 0 spiro atoms. The maximum absolute atomic E-state index is 8.98. The molecule has 5 nitrogen and oxygen atoms in total. The highest BCUT2D eigenvalue weighted by Crippen LogP contribution is 2.18. The lowest BCUT2D eigenvalue weighted by Crippen LogP contribution is -2.01. The number of benzene rings is 1. The Morgan fingerprint density at radius 2 is 2.35 bits per heavy atom. The van der Waals surface area contributed by atoms with Gasteiger partial charge in [-0.1, -0.05) is 0 Å². The van der Waals surface area contributed by atoms with Gasteiger partial charge in [-0.25, -0.2) is 0 Å². The molecule has 0 aliphatic heterocycles. The molecule has 0 fully saturated rings. The summed E-state index contributed by atoms with van der Waals surface area (Å²) in [5.74, 6) is 0. The molecule has 1 aromatic heterocycles. The van der Waals surface area contributed by atoms with Crippen molar-refractivity contribution in [1.82, 2.24) is 9.78 Å². The summed E-state index contributed by atoms with van der Waals surface area (Å²) in [5, 5.41) is 16.2. The zero-order valence-corrected chi connectivity index (χ0v) is 9.51. The van der Waals surface area contributed by atoms with Crippen molar-refractivity contribution in [3.8, 4) is 6.07 Å². The van der Waals surface area contributed by atoms with Crippen LogP contribution in [-0.2, 0) is 13.6 Å². The molecule has 5 heteroatoms. The molecule has 1 aromatic carbocycles. The molecule has 0 saturated carbocycles. The molecule has 1 heterocycles. The molecular weight excluding hydrogens is 214 g/mol. The average molecular weight is 227 g/mol. The van der Waals surface area contributed by atoms with Gasteiger partial charge in [0.05, 0.1) is 17.4 Å². The van der Waals surface area contributed by atoms with Crippen LogP contribution >= 0.6 is 0 Å². The average Bonchev–Trinajstić information content (AvgIpc) is 2.73. The Balaban J connectivity index is 2.12. The summed E-state index contributed by atoms with van der Waals surface area (Å²) >= 11 is 0. The van der Waals surface area contributed by atoms with Crippen molar-refractivity contribution < 1.29 is 0 Å². The van der Waals surface area contributed by atoms with Crippen LogP contribution in [0.15, 0.2) is 30.6 Å². The molecule has 0 bridgehead atoms. The monoisotopic (exact) mass is 227 g/mol. The normalized spacial score (nSPS) is 9.88. The van der Waals surface area contributed by atoms with Crippen LogP contribution in [0.4, 0.5) is 11.4 Å². The predicted octanol–water partition coefficient (Wildman–Crippen LogP) is 1.49. The number of rotatable bonds is 3. The number of aromatic nitrogens is 2. The van der Waals surface area contributed by atoms with Crippen LogP contribution in [0.2, 0.25) is 0 Å². The van der Waals surface area contributed by atoms with E-state index in [9.17, 15) is 0 Å². The first-order chi connectivity index (χ1) is 8.19. The van der Waals surface area contributed by atoms with Gasteiger partial charge in [-0.2, -0.15) is 10.4 Å². The van der Waals surface area contributed by atoms with Gasteiger partial charge in [-0.3, -0.25) is 4.68 Å². The highest BCUT2D eigenvalue weighted by molar-refractivity contribution is 5.62. The van der Waals surface area contributed by atoms with E-state index in [4.69, 9.17) is 11.0 Å². The van der Waals surface area contributed by atoms with E-state index in [-0.39, 0.29) is 0 Å². The Morgan fingerprint density at radius 1 is 1.53 bits per heavy atom. The first-order valence-electron chi connectivity index (χ1n) is 5.20. The molecule has 2 rings (SSSR count). The van der Waals surface area contributed by atoms with Crippen LogP contribution < -0.4 is 11.1 Å². The van der Waals surface area contributed by atoms with Gasteiger partial charge in [0.25, 0.3) is 0 Å². The lowest BCUT2D eigenvalue weighted by molar-refractivity contribution is 0.767. The Hall–Kier alpha value is -2.48. The molecule has 0 amide bonds. The van der Waals surface area contributed by atoms with E-state index in [0.717, 1.165) is 11.3 Å². The Kier molecular flexibility index (Phi) is 2.97. The van der Waals surface area contributed by atoms with E-state index < -0.39 is 0 Å². The molecule has 17 heavy (non-hydrogen) atoms. The molecular formula is C12H13N5. The molecule has 0 radical (unpaired) electrons. The van der Waals surface area contributed by atoms with E-state index in [1.807, 2.05) is 19.3 Å². The zero-order chi connectivity index (χ0) is 12.3. The minimum Gasteiger partial charge on any atom is -0.399 e. The SMILES string of the molecule is Cn1cc(CNc2ccc(N)cc2C#N)cn1. The standard InChI is InChI=1S/C12H13N5/c1-17-8-9(7-16-17)6-15-12-3-2-11(14)4-10(12)5-13/h2-4,7-8,15H,6,14H2,1H3. The fraction of sp³-hybridized carbons (Fsp3) is 0.167. The number of nitriles is 1. The molecule has 86 valence electrons. The maximum Gasteiger partial charge on any atom is 0.101 e. The third kappa shape index (κ3) is 2.55. The molecule has 0 saturated heterocycles. The second-order valence-corrected chi connectivity index (χ2v) is 3.79. The number of nitrogen functional groups attached to an aromatic ring is 1. The molecule has 0 unspecified atom stereocenters. The van der Waals surface area contributed by atoms with Gasteiger partial charge in [-0.15, -0.1) is 0 Å². The van der Waals surface area contributed by atoms with E-state index in [0.29, 0.717) is 17.8 Å². The number of nitrogens with one attached hydrogen (secondary N) is 1. The van der Waals surface area contributed by atoms with Gasteiger partial charge in [0.1, 0.15) is 6.07 Å². The van der Waals surface area contributed by atoms with Crippen LogP contribution in [0.1, 0.15) is 11.1 Å². The molecule has 2 aromatic rings. The van der Waals surface area contributed by atoms with Crippen LogP contribution in [0, 0.1) is 11.3 Å². The van der Waals surface area contributed by atoms with Gasteiger partial charge >= 0.3 is 0 Å². The van der Waals surface area contributed by atoms with Crippen LogP contribution in [0.5, 0.6) is 0 Å². The van der Waals surface area contributed by atoms with Crippen molar-refractivity contribution in [2.24, 2.45) is 7.05 Å². The van der Waals surface area contributed by atoms with Gasteiger partial charge in [0.2, 0.25) is 0 Å². The minimum atomic E-state index is 0.550. The third-order valence-corrected chi connectivity index (χ3v) is 2.41. The summed E-state index contributed by atoms with van der Waals surface area (Å²) in [6, 6.07) is 7.35. The number of anilines is 2. The summed E-state index contributed by atoms with van der Waals surface area (Å²) in [4.78, 5) is 0. The van der Waals surface area contributed by atoms with Crippen LogP contribution in [-0.4, -0.2) is 9.78 Å². The second kappa shape index (κ2) is 4.58. The number of nitrogens with two attached hydrogens (primary N) is 1. The smallest absolute Gasteiger partial charge is 0.101 e. The molecule has 0 aliphatic rings. The molecule has 3 N–H and O–H groups in total. The largest absolute Gasteiger partial charge is 0.399 e. The van der Waals surface area contributed by atoms with Gasteiger partial charge in [-0.05, 0) is 18.2 Å². The maximum atomic E-state index is 8.98. The summed E-state index contributed by atoms with van der Waals surface area (Å²) in [6.45, 7) is 0.631. The van der Waals surface area contributed by atoms with Crippen molar-refractivity contribution >= 4 is 11.4 Å². The summed E-state index contributed by atoms with van der Waals surface area (Å²) in [5.41, 5.74) is 8.61. The Labute approximate surface area is 99.5 Å². The lowest BCUT2D eigenvalue weighted by atomic mass is 10.1. The fourth-order valence-corrected chi connectivity index (χ4v) is 1.57. The van der Waals surface area contributed by atoms with E-state index >= 15 is 0 Å². The number of aryl methyl sites for hydroxylation is 1. The topological polar surface area (TPSA) is 79.7 Å². The van der Waals surface area contributed by atoms with E-state index in [2.05, 4.69) is 16.5 Å². The van der Waals surface area contributed by atoms with Crippen molar-refractivity contribution in [3.05, 3.63) is 41.7 Å². The van der Waals surface area contributed by atoms with E-state index in [1.54, 1.807) is 23.0 Å². The Bertz CT molecular complexity index is 565. The first kappa shape index (κ1) is 11.0. The summed E-state index contributed by atoms with van der Waals surface area (Å²) in [7, 11) is 1.87. The van der Waals surface area contributed by atoms with Crippen molar-refractivity contribution in [3.63, 3.8) is 0 Å². The molecule has 0 aliphatic carbocycles. The second-order valence-electron chi connectivity index (χ2n) is 3.79. The number of hydrogen-bond donors (Lipinski definition) is 2. The first-order valence-corrected chi connectivity index (χ1v) is 5.20. The van der Waals surface area contributed by atoms with Gasteiger partial charge < -0.3 is 11.1 Å². The Morgan fingerprint density at radius 3 is 3.00 bits per heavy atom. The van der Waals surface area contributed by atoms with Gasteiger partial charge in [0.15, 0.2) is 0 Å². The van der Waals surface area contributed by atoms with Crippen LogP contribution in [0.25, 0.3) is 0 Å². The number of hydrogen-bond acceptors (Lipinski definition) is 4.